The summed E-state index contributed by atoms with van der Waals surface area (Å²) >= 11 is 0. The molecule has 0 spiro atoms. The normalized spacial score (nSPS) is 10.4. The Morgan fingerprint density at radius 2 is 2.21 bits per heavy atom. The van der Waals surface area contributed by atoms with Crippen LogP contribution in [0.25, 0.3) is 0 Å². The average Bonchev–Trinajstić information content (AvgIpc) is 2.77. The molecule has 2 aromatic rings. The van der Waals surface area contributed by atoms with Crippen molar-refractivity contribution in [2.24, 2.45) is 0 Å². The van der Waals surface area contributed by atoms with E-state index < -0.39 is 0 Å². The second kappa shape index (κ2) is 5.56. The van der Waals surface area contributed by atoms with Crippen molar-refractivity contribution >= 4 is 17.4 Å². The number of anilines is 2. The highest BCUT2D eigenvalue weighted by Gasteiger charge is 2.09. The minimum absolute atomic E-state index is 0.105. The third-order valence-electron chi connectivity index (χ3n) is 2.97. The third kappa shape index (κ3) is 3.13. The highest BCUT2D eigenvalue weighted by Crippen LogP contribution is 2.20. The number of carbonyl (C=O) groups excluding carboxylic acids is 1. The van der Waals surface area contributed by atoms with Crippen LogP contribution in [-0.2, 0) is 17.8 Å². The lowest BCUT2D eigenvalue weighted by atomic mass is 10.1. The Hall–Kier alpha value is -2.30. The van der Waals surface area contributed by atoms with Crippen LogP contribution in [0.1, 0.15) is 18.1 Å². The summed E-state index contributed by atoms with van der Waals surface area (Å²) in [6, 6.07) is 7.67. The topological polar surface area (TPSA) is 72.9 Å². The molecule has 19 heavy (non-hydrogen) atoms. The van der Waals surface area contributed by atoms with Crippen LogP contribution in [-0.4, -0.2) is 15.7 Å². The number of aryl methyl sites for hydroxylation is 2. The van der Waals surface area contributed by atoms with Crippen LogP contribution < -0.4 is 11.1 Å². The van der Waals surface area contributed by atoms with Crippen LogP contribution in [0.15, 0.2) is 30.5 Å². The molecular weight excluding hydrogens is 240 g/mol. The number of benzene rings is 1. The first-order valence-corrected chi connectivity index (χ1v) is 6.27. The average molecular weight is 258 g/mol. The molecule has 0 fully saturated rings. The molecule has 0 aliphatic rings. The number of nitrogens with two attached hydrogens (primary N) is 1. The van der Waals surface area contributed by atoms with E-state index in [1.807, 2.05) is 25.1 Å². The van der Waals surface area contributed by atoms with Crippen molar-refractivity contribution in [2.75, 3.05) is 11.1 Å². The SMILES string of the molecule is CCc1cccc(C)c1NC(=O)Cn1ccc(N)n1. The number of nitrogen functional groups attached to an aromatic ring is 1. The second-order valence-electron chi connectivity index (χ2n) is 4.45. The lowest BCUT2D eigenvalue weighted by Crippen LogP contribution is -2.20. The number of para-hydroxylation sites is 1. The van der Waals surface area contributed by atoms with E-state index >= 15 is 0 Å². The van der Waals surface area contributed by atoms with Gasteiger partial charge in [-0.2, -0.15) is 5.10 Å². The van der Waals surface area contributed by atoms with Crippen molar-refractivity contribution in [3.8, 4) is 0 Å². The molecule has 5 heteroatoms. The van der Waals surface area contributed by atoms with Gasteiger partial charge in [-0.1, -0.05) is 25.1 Å². The van der Waals surface area contributed by atoms with Gasteiger partial charge in [0, 0.05) is 11.9 Å². The Morgan fingerprint density at radius 1 is 1.42 bits per heavy atom. The Kier molecular flexibility index (Phi) is 3.85. The summed E-state index contributed by atoms with van der Waals surface area (Å²) in [5.41, 5.74) is 8.61. The molecule has 1 aromatic carbocycles. The van der Waals surface area contributed by atoms with Crippen molar-refractivity contribution in [1.82, 2.24) is 9.78 Å². The molecule has 0 aliphatic carbocycles. The minimum atomic E-state index is -0.105. The van der Waals surface area contributed by atoms with E-state index in [1.54, 1.807) is 12.3 Å². The van der Waals surface area contributed by atoms with E-state index in [1.165, 1.54) is 4.68 Å². The van der Waals surface area contributed by atoms with E-state index in [4.69, 9.17) is 5.73 Å². The first-order valence-electron chi connectivity index (χ1n) is 6.27. The molecule has 100 valence electrons. The van der Waals surface area contributed by atoms with Gasteiger partial charge in [0.15, 0.2) is 0 Å². The Balaban J connectivity index is 2.11. The molecule has 3 N–H and O–H groups in total. The number of nitrogens with zero attached hydrogens (tertiary/aromatic N) is 2. The molecule has 0 unspecified atom stereocenters. The number of aromatic nitrogens is 2. The van der Waals surface area contributed by atoms with Gasteiger partial charge in [0.25, 0.3) is 0 Å². The Bertz CT molecular complexity index is 589. The fraction of sp³-hybridized carbons (Fsp3) is 0.286. The maximum absolute atomic E-state index is 12.0. The zero-order chi connectivity index (χ0) is 13.8. The van der Waals surface area contributed by atoms with Crippen LogP contribution in [0.3, 0.4) is 0 Å². The van der Waals surface area contributed by atoms with Gasteiger partial charge < -0.3 is 11.1 Å². The summed E-state index contributed by atoms with van der Waals surface area (Å²) in [5, 5.41) is 6.94. The van der Waals surface area contributed by atoms with Crippen LogP contribution in [0.2, 0.25) is 0 Å². The smallest absolute Gasteiger partial charge is 0.246 e. The summed E-state index contributed by atoms with van der Waals surface area (Å²) in [6.07, 6.45) is 2.57. The van der Waals surface area contributed by atoms with Gasteiger partial charge in [-0.3, -0.25) is 9.48 Å². The first kappa shape index (κ1) is 13.1. The molecule has 0 saturated carbocycles. The highest BCUT2D eigenvalue weighted by molar-refractivity contribution is 5.92. The Morgan fingerprint density at radius 3 is 2.84 bits per heavy atom. The lowest BCUT2D eigenvalue weighted by Gasteiger charge is -2.12. The van der Waals surface area contributed by atoms with E-state index in [9.17, 15) is 4.79 Å². The van der Waals surface area contributed by atoms with Crippen LogP contribution in [0, 0.1) is 6.92 Å². The van der Waals surface area contributed by atoms with Crippen LogP contribution in [0.4, 0.5) is 11.5 Å². The fourth-order valence-electron chi connectivity index (χ4n) is 1.99. The quantitative estimate of drug-likeness (QED) is 0.880. The van der Waals surface area contributed by atoms with Crippen molar-refractivity contribution < 1.29 is 4.79 Å². The zero-order valence-corrected chi connectivity index (χ0v) is 11.2. The van der Waals surface area contributed by atoms with Gasteiger partial charge in [0.2, 0.25) is 5.91 Å². The van der Waals surface area contributed by atoms with Crippen molar-refractivity contribution in [1.29, 1.82) is 0 Å². The van der Waals surface area contributed by atoms with Crippen LogP contribution >= 0.6 is 0 Å². The summed E-state index contributed by atoms with van der Waals surface area (Å²) in [5.74, 6) is 0.310. The zero-order valence-electron chi connectivity index (χ0n) is 11.2. The lowest BCUT2D eigenvalue weighted by molar-refractivity contribution is -0.116. The number of amides is 1. The van der Waals surface area contributed by atoms with Gasteiger partial charge in [-0.15, -0.1) is 0 Å². The molecule has 0 atom stereocenters. The van der Waals surface area contributed by atoms with E-state index in [0.717, 1.165) is 23.2 Å². The van der Waals surface area contributed by atoms with Crippen molar-refractivity contribution in [2.45, 2.75) is 26.8 Å². The molecule has 2 rings (SSSR count). The number of nitrogens with one attached hydrogen (secondary N) is 1. The van der Waals surface area contributed by atoms with Gasteiger partial charge in [-0.05, 0) is 30.5 Å². The molecule has 1 amide bonds. The molecule has 0 radical (unpaired) electrons. The molecular formula is C14H18N4O. The second-order valence-corrected chi connectivity index (χ2v) is 4.45. The number of hydrogen-bond donors (Lipinski definition) is 2. The predicted octanol–water partition coefficient (Wildman–Crippen LogP) is 1.97. The summed E-state index contributed by atoms with van der Waals surface area (Å²) < 4.78 is 1.52. The molecule has 5 nitrogen and oxygen atoms in total. The van der Waals surface area contributed by atoms with Gasteiger partial charge in [0.05, 0.1) is 0 Å². The highest BCUT2D eigenvalue weighted by atomic mass is 16.2. The van der Waals surface area contributed by atoms with E-state index in [0.29, 0.717) is 5.82 Å². The summed E-state index contributed by atoms with van der Waals surface area (Å²) in [7, 11) is 0. The predicted molar refractivity (Wildman–Crippen MR) is 75.8 cm³/mol. The third-order valence-corrected chi connectivity index (χ3v) is 2.97. The first-order chi connectivity index (χ1) is 9.10. The summed E-state index contributed by atoms with van der Waals surface area (Å²) in [4.78, 5) is 12.0. The van der Waals surface area contributed by atoms with Crippen LogP contribution in [0.5, 0.6) is 0 Å². The van der Waals surface area contributed by atoms with Gasteiger partial charge >= 0.3 is 0 Å². The molecule has 0 bridgehead atoms. The monoisotopic (exact) mass is 258 g/mol. The van der Waals surface area contributed by atoms with Gasteiger partial charge in [-0.25, -0.2) is 0 Å². The maximum Gasteiger partial charge on any atom is 0.246 e. The fourth-order valence-corrected chi connectivity index (χ4v) is 1.99. The Labute approximate surface area is 112 Å². The minimum Gasteiger partial charge on any atom is -0.382 e. The van der Waals surface area contributed by atoms with Crippen molar-refractivity contribution in [3.05, 3.63) is 41.6 Å². The van der Waals surface area contributed by atoms with Crippen molar-refractivity contribution in [3.63, 3.8) is 0 Å². The van der Waals surface area contributed by atoms with E-state index in [2.05, 4.69) is 17.3 Å². The van der Waals surface area contributed by atoms with Gasteiger partial charge in [0.1, 0.15) is 12.4 Å². The molecule has 0 aliphatic heterocycles. The standard InChI is InChI=1S/C14H18N4O/c1-3-11-6-4-5-10(2)14(11)16-13(19)9-18-8-7-12(15)17-18/h4-8H,3,9H2,1-2H3,(H2,15,17)(H,16,19). The molecule has 0 saturated heterocycles. The molecule has 1 heterocycles. The maximum atomic E-state index is 12.0. The van der Waals surface area contributed by atoms with E-state index in [-0.39, 0.29) is 12.5 Å². The number of hydrogen-bond acceptors (Lipinski definition) is 3. The number of rotatable bonds is 4. The largest absolute Gasteiger partial charge is 0.382 e. The summed E-state index contributed by atoms with van der Waals surface area (Å²) in [6.45, 7) is 4.22. The number of carbonyl (C=O) groups is 1. The molecule has 1 aromatic heterocycles.